The Morgan fingerprint density at radius 2 is 2.07 bits per heavy atom. The zero-order valence-corrected chi connectivity index (χ0v) is 17.9. The number of ether oxygens (including phenoxy) is 3. The molecule has 29 heavy (non-hydrogen) atoms. The number of carbonyl (C=O) groups excluding carboxylic acids is 1. The van der Waals surface area contributed by atoms with Crippen LogP contribution in [0.1, 0.15) is 43.6 Å². The van der Waals surface area contributed by atoms with E-state index in [-0.39, 0.29) is 28.7 Å². The standard InChI is InChI=1S/C22H26ClNO5/c1-13(2)19-12-29-21-10-22(28-7-5-6-27-4)17(23)8-15(21)18-9-20(26)16(14(3)25)11-24(18)19/h8-11,13,19H,5-7,12H2,1-4H3/t19-/m0/s1. The van der Waals surface area contributed by atoms with Gasteiger partial charge >= 0.3 is 0 Å². The molecule has 0 amide bonds. The number of hydrogen-bond donors (Lipinski definition) is 0. The number of halogens is 1. The molecule has 1 atom stereocenters. The SMILES string of the molecule is COCCCOc1cc2c(cc1Cl)-c1cc(=O)c(C(C)=O)cn1[C@H](C(C)C)CO2. The summed E-state index contributed by atoms with van der Waals surface area (Å²) in [5.74, 6) is 1.10. The van der Waals surface area contributed by atoms with Gasteiger partial charge in [-0.05, 0) is 18.9 Å². The summed E-state index contributed by atoms with van der Waals surface area (Å²) in [5, 5.41) is 0.433. The molecule has 0 N–H and O–H groups in total. The van der Waals surface area contributed by atoms with Gasteiger partial charge in [0.25, 0.3) is 0 Å². The molecular formula is C22H26ClNO5. The van der Waals surface area contributed by atoms with Crippen LogP contribution in [0.25, 0.3) is 11.3 Å². The van der Waals surface area contributed by atoms with Gasteiger partial charge in [-0.2, -0.15) is 0 Å². The van der Waals surface area contributed by atoms with Gasteiger partial charge in [-0.15, -0.1) is 0 Å². The van der Waals surface area contributed by atoms with Crippen LogP contribution in [-0.4, -0.2) is 37.3 Å². The van der Waals surface area contributed by atoms with E-state index in [0.717, 1.165) is 6.42 Å². The number of benzene rings is 1. The van der Waals surface area contributed by atoms with Crippen molar-refractivity contribution in [2.24, 2.45) is 5.92 Å². The molecule has 2 heterocycles. The van der Waals surface area contributed by atoms with Crippen LogP contribution in [-0.2, 0) is 4.74 Å². The van der Waals surface area contributed by atoms with E-state index in [2.05, 4.69) is 13.8 Å². The highest BCUT2D eigenvalue weighted by molar-refractivity contribution is 6.32. The molecule has 1 aromatic carbocycles. The summed E-state index contributed by atoms with van der Waals surface area (Å²) < 4.78 is 18.9. The first kappa shape index (κ1) is 21.4. The van der Waals surface area contributed by atoms with Crippen LogP contribution < -0.4 is 14.9 Å². The van der Waals surface area contributed by atoms with Crippen molar-refractivity contribution in [2.75, 3.05) is 26.9 Å². The van der Waals surface area contributed by atoms with Gasteiger partial charge in [0.05, 0.1) is 28.9 Å². The van der Waals surface area contributed by atoms with Crippen molar-refractivity contribution in [3.63, 3.8) is 0 Å². The summed E-state index contributed by atoms with van der Waals surface area (Å²) in [6, 6.07) is 4.97. The lowest BCUT2D eigenvalue weighted by molar-refractivity contribution is 0.101. The lowest BCUT2D eigenvalue weighted by Gasteiger charge is -2.24. The van der Waals surface area contributed by atoms with E-state index in [1.807, 2.05) is 4.57 Å². The fourth-order valence-electron chi connectivity index (χ4n) is 3.42. The van der Waals surface area contributed by atoms with Crippen molar-refractivity contribution in [1.29, 1.82) is 0 Å². The highest BCUT2D eigenvalue weighted by Crippen LogP contribution is 2.42. The van der Waals surface area contributed by atoms with Gasteiger partial charge < -0.3 is 18.8 Å². The molecule has 0 saturated carbocycles. The van der Waals surface area contributed by atoms with Gasteiger partial charge in [0, 0.05) is 44.0 Å². The van der Waals surface area contributed by atoms with E-state index in [0.29, 0.717) is 47.6 Å². The van der Waals surface area contributed by atoms with Gasteiger partial charge in [0.15, 0.2) is 11.2 Å². The van der Waals surface area contributed by atoms with Gasteiger partial charge in [0.1, 0.15) is 18.1 Å². The molecule has 7 heteroatoms. The number of Topliss-reactive ketones (excluding diaryl/α,β-unsaturated/α-hetero) is 1. The maximum atomic E-state index is 12.5. The van der Waals surface area contributed by atoms with E-state index < -0.39 is 0 Å². The van der Waals surface area contributed by atoms with Crippen molar-refractivity contribution >= 4 is 17.4 Å². The number of ketones is 1. The topological polar surface area (TPSA) is 66.8 Å². The summed E-state index contributed by atoms with van der Waals surface area (Å²) in [7, 11) is 1.64. The number of methoxy groups -OCH3 is 1. The van der Waals surface area contributed by atoms with Gasteiger partial charge in [-0.25, -0.2) is 0 Å². The minimum atomic E-state index is -0.310. The van der Waals surface area contributed by atoms with Gasteiger partial charge in [-0.1, -0.05) is 25.4 Å². The molecule has 3 rings (SSSR count). The number of rotatable bonds is 7. The monoisotopic (exact) mass is 419 g/mol. The first-order valence-electron chi connectivity index (χ1n) is 9.69. The number of hydrogen-bond acceptors (Lipinski definition) is 5. The summed E-state index contributed by atoms with van der Waals surface area (Å²) in [6.45, 7) is 7.04. The summed E-state index contributed by atoms with van der Waals surface area (Å²) in [4.78, 5) is 24.5. The van der Waals surface area contributed by atoms with Crippen LogP contribution >= 0.6 is 11.6 Å². The fraction of sp³-hybridized carbons (Fsp3) is 0.455. The van der Waals surface area contributed by atoms with Crippen molar-refractivity contribution in [1.82, 2.24) is 4.57 Å². The number of aromatic nitrogens is 1. The molecule has 1 aromatic heterocycles. The lowest BCUT2D eigenvalue weighted by Crippen LogP contribution is -2.25. The summed E-state index contributed by atoms with van der Waals surface area (Å²) in [6.07, 6.45) is 2.39. The Morgan fingerprint density at radius 3 is 2.72 bits per heavy atom. The van der Waals surface area contributed by atoms with Crippen LogP contribution in [0.3, 0.4) is 0 Å². The second-order valence-corrected chi connectivity index (χ2v) is 7.90. The van der Waals surface area contributed by atoms with Crippen molar-refractivity contribution in [3.05, 3.63) is 45.2 Å². The summed E-state index contributed by atoms with van der Waals surface area (Å²) >= 11 is 6.46. The third-order valence-electron chi connectivity index (χ3n) is 5.06. The number of fused-ring (bicyclic) bond motifs is 3. The molecule has 1 aliphatic rings. The molecule has 0 radical (unpaired) electrons. The molecule has 0 saturated heterocycles. The van der Waals surface area contributed by atoms with Crippen molar-refractivity contribution in [2.45, 2.75) is 33.2 Å². The predicted molar refractivity (Wildman–Crippen MR) is 113 cm³/mol. The lowest BCUT2D eigenvalue weighted by atomic mass is 10.0. The highest BCUT2D eigenvalue weighted by atomic mass is 35.5. The number of carbonyl (C=O) groups is 1. The zero-order chi connectivity index (χ0) is 21.1. The average molecular weight is 420 g/mol. The maximum absolute atomic E-state index is 12.5. The Hall–Kier alpha value is -2.31. The van der Waals surface area contributed by atoms with E-state index in [9.17, 15) is 9.59 Å². The maximum Gasteiger partial charge on any atom is 0.192 e. The van der Waals surface area contributed by atoms with E-state index >= 15 is 0 Å². The Bertz CT molecular complexity index is 966. The number of nitrogens with zero attached hydrogens (tertiary/aromatic N) is 1. The van der Waals surface area contributed by atoms with Crippen LogP contribution in [0.15, 0.2) is 29.2 Å². The van der Waals surface area contributed by atoms with E-state index in [1.165, 1.54) is 13.0 Å². The predicted octanol–water partition coefficient (Wildman–Crippen LogP) is 4.38. The third kappa shape index (κ3) is 4.49. The molecular weight excluding hydrogens is 394 g/mol. The molecule has 1 aliphatic heterocycles. The average Bonchev–Trinajstić information content (AvgIpc) is 2.81. The first-order valence-corrected chi connectivity index (χ1v) is 10.1. The Balaban J connectivity index is 2.09. The van der Waals surface area contributed by atoms with Crippen molar-refractivity contribution in [3.8, 4) is 22.8 Å². The third-order valence-corrected chi connectivity index (χ3v) is 5.35. The number of pyridine rings is 1. The van der Waals surface area contributed by atoms with Gasteiger partial charge in [-0.3, -0.25) is 9.59 Å². The first-order chi connectivity index (χ1) is 13.8. The quantitative estimate of drug-likeness (QED) is 0.492. The molecule has 0 aliphatic carbocycles. The van der Waals surface area contributed by atoms with E-state index in [1.54, 1.807) is 25.4 Å². The Labute approximate surface area is 175 Å². The fourth-order valence-corrected chi connectivity index (χ4v) is 3.64. The second kappa shape index (κ2) is 9.01. The molecule has 156 valence electrons. The summed E-state index contributed by atoms with van der Waals surface area (Å²) in [5.41, 5.74) is 1.25. The molecule has 0 unspecified atom stereocenters. The smallest absolute Gasteiger partial charge is 0.192 e. The van der Waals surface area contributed by atoms with E-state index in [4.69, 9.17) is 25.8 Å². The normalized spacial score (nSPS) is 15.3. The molecule has 0 fully saturated rings. The minimum absolute atomic E-state index is 0.0408. The minimum Gasteiger partial charge on any atom is -0.492 e. The zero-order valence-electron chi connectivity index (χ0n) is 17.2. The molecule has 0 spiro atoms. The van der Waals surface area contributed by atoms with Crippen LogP contribution in [0, 0.1) is 5.92 Å². The van der Waals surface area contributed by atoms with Gasteiger partial charge in [0.2, 0.25) is 0 Å². The van der Waals surface area contributed by atoms with Crippen LogP contribution in [0.4, 0.5) is 0 Å². The van der Waals surface area contributed by atoms with Crippen LogP contribution in [0.5, 0.6) is 11.5 Å². The molecule has 0 bridgehead atoms. The second-order valence-electron chi connectivity index (χ2n) is 7.50. The Kier molecular flexibility index (Phi) is 6.65. The van der Waals surface area contributed by atoms with Crippen LogP contribution in [0.2, 0.25) is 5.02 Å². The Morgan fingerprint density at radius 1 is 1.31 bits per heavy atom. The van der Waals surface area contributed by atoms with Crippen molar-refractivity contribution < 1.29 is 19.0 Å². The highest BCUT2D eigenvalue weighted by Gasteiger charge is 2.27. The largest absolute Gasteiger partial charge is 0.492 e. The molecule has 2 aromatic rings. The molecule has 6 nitrogen and oxygen atoms in total.